The van der Waals surface area contributed by atoms with Crippen LogP contribution < -0.4 is 15.4 Å². The molecule has 0 saturated carbocycles. The summed E-state index contributed by atoms with van der Waals surface area (Å²) in [5.74, 6) is 0.439. The zero-order valence-electron chi connectivity index (χ0n) is 15.4. The molecule has 1 atom stereocenters. The fourth-order valence-electron chi connectivity index (χ4n) is 3.00. The van der Waals surface area contributed by atoms with Gasteiger partial charge in [-0.15, -0.1) is 0 Å². The van der Waals surface area contributed by atoms with Crippen LogP contribution in [-0.4, -0.2) is 41.5 Å². The Morgan fingerprint density at radius 3 is 2.81 bits per heavy atom. The summed E-state index contributed by atoms with van der Waals surface area (Å²) in [5.41, 5.74) is 1.41. The molecule has 7 nitrogen and oxygen atoms in total. The van der Waals surface area contributed by atoms with Crippen LogP contribution in [0, 0.1) is 5.92 Å². The number of amides is 3. The van der Waals surface area contributed by atoms with Crippen molar-refractivity contribution >= 4 is 17.6 Å². The van der Waals surface area contributed by atoms with Crippen molar-refractivity contribution in [1.29, 1.82) is 0 Å². The molecule has 3 rings (SSSR count). The molecular weight excluding hydrogens is 344 g/mol. The lowest BCUT2D eigenvalue weighted by molar-refractivity contribution is -0.124. The molecule has 2 aromatic rings. The van der Waals surface area contributed by atoms with Gasteiger partial charge in [-0.05, 0) is 37.6 Å². The molecule has 1 aromatic heterocycles. The minimum Gasteiger partial charge on any atom is -0.485 e. The third kappa shape index (κ3) is 4.97. The first-order valence-electron chi connectivity index (χ1n) is 9.12. The van der Waals surface area contributed by atoms with E-state index in [4.69, 9.17) is 4.74 Å². The van der Waals surface area contributed by atoms with Crippen molar-refractivity contribution in [3.63, 3.8) is 0 Å². The molecule has 7 heteroatoms. The van der Waals surface area contributed by atoms with E-state index in [0.717, 1.165) is 5.69 Å². The first-order valence-corrected chi connectivity index (χ1v) is 9.12. The maximum absolute atomic E-state index is 12.6. The van der Waals surface area contributed by atoms with E-state index in [2.05, 4.69) is 15.6 Å². The molecule has 3 amide bonds. The lowest BCUT2D eigenvalue weighted by Crippen LogP contribution is -2.36. The number of pyridine rings is 1. The van der Waals surface area contributed by atoms with Crippen molar-refractivity contribution in [3.05, 3.63) is 54.4 Å². The van der Waals surface area contributed by atoms with Crippen LogP contribution in [0.5, 0.6) is 5.75 Å². The third-order valence-electron chi connectivity index (χ3n) is 4.43. The highest BCUT2D eigenvalue weighted by Gasteiger charge is 2.31. The van der Waals surface area contributed by atoms with E-state index in [9.17, 15) is 9.59 Å². The van der Waals surface area contributed by atoms with Gasteiger partial charge in [-0.1, -0.05) is 18.2 Å². The predicted molar refractivity (Wildman–Crippen MR) is 102 cm³/mol. The molecule has 1 aliphatic rings. The normalized spacial score (nSPS) is 16.0. The van der Waals surface area contributed by atoms with E-state index in [0.29, 0.717) is 44.1 Å². The Morgan fingerprint density at radius 2 is 2.04 bits per heavy atom. The Hall–Kier alpha value is -3.09. The number of carbonyl (C=O) groups excluding carboxylic acids is 2. The molecule has 0 radical (unpaired) electrons. The van der Waals surface area contributed by atoms with Crippen LogP contribution in [0.1, 0.15) is 19.0 Å². The summed E-state index contributed by atoms with van der Waals surface area (Å²) in [6.45, 7) is 3.79. The molecule has 1 aromatic carbocycles. The van der Waals surface area contributed by atoms with E-state index in [-0.39, 0.29) is 17.9 Å². The average Bonchev–Trinajstić information content (AvgIpc) is 3.19. The number of aromatic nitrogens is 1. The van der Waals surface area contributed by atoms with Gasteiger partial charge in [-0.2, -0.15) is 0 Å². The second kappa shape index (κ2) is 9.02. The number of carbonyl (C=O) groups is 2. The van der Waals surface area contributed by atoms with Crippen molar-refractivity contribution in [2.45, 2.75) is 20.0 Å². The van der Waals surface area contributed by atoms with Crippen molar-refractivity contribution in [2.24, 2.45) is 5.92 Å². The van der Waals surface area contributed by atoms with Gasteiger partial charge in [0.15, 0.2) is 0 Å². The fourth-order valence-corrected chi connectivity index (χ4v) is 3.00. The predicted octanol–water partition coefficient (Wildman–Crippen LogP) is 2.65. The molecule has 2 heterocycles. The SMILES string of the molecule is CCNC(=O)[C@@H]1CCN(C(=O)Nc2ccccc2OCc2ccccn2)C1. The average molecular weight is 368 g/mol. The van der Waals surface area contributed by atoms with Gasteiger partial charge in [0.05, 0.1) is 17.3 Å². The number of para-hydroxylation sites is 2. The number of anilines is 1. The summed E-state index contributed by atoms with van der Waals surface area (Å²) >= 11 is 0. The first kappa shape index (κ1) is 18.7. The van der Waals surface area contributed by atoms with Crippen LogP contribution in [0.15, 0.2) is 48.7 Å². The van der Waals surface area contributed by atoms with E-state index >= 15 is 0 Å². The first-order chi connectivity index (χ1) is 13.2. The molecule has 0 spiro atoms. The van der Waals surface area contributed by atoms with Gasteiger partial charge in [0.25, 0.3) is 0 Å². The largest absolute Gasteiger partial charge is 0.485 e. The van der Waals surface area contributed by atoms with Gasteiger partial charge in [-0.3, -0.25) is 9.78 Å². The Labute approximate surface area is 158 Å². The highest BCUT2D eigenvalue weighted by atomic mass is 16.5. The van der Waals surface area contributed by atoms with Crippen molar-refractivity contribution < 1.29 is 14.3 Å². The van der Waals surface area contributed by atoms with Crippen LogP contribution in [0.25, 0.3) is 0 Å². The lowest BCUT2D eigenvalue weighted by atomic mass is 10.1. The van der Waals surface area contributed by atoms with Gasteiger partial charge in [-0.25, -0.2) is 4.79 Å². The van der Waals surface area contributed by atoms with Gasteiger partial charge in [0.2, 0.25) is 5.91 Å². The number of rotatable bonds is 6. The third-order valence-corrected chi connectivity index (χ3v) is 4.43. The summed E-state index contributed by atoms with van der Waals surface area (Å²) in [6.07, 6.45) is 2.39. The minimum atomic E-state index is -0.226. The van der Waals surface area contributed by atoms with Crippen LogP contribution in [-0.2, 0) is 11.4 Å². The molecule has 142 valence electrons. The smallest absolute Gasteiger partial charge is 0.321 e. The number of nitrogens with one attached hydrogen (secondary N) is 2. The number of nitrogens with zero attached hydrogens (tertiary/aromatic N) is 2. The molecule has 1 aliphatic heterocycles. The van der Waals surface area contributed by atoms with E-state index in [1.165, 1.54) is 0 Å². The molecule has 2 N–H and O–H groups in total. The quantitative estimate of drug-likeness (QED) is 0.821. The molecule has 1 fully saturated rings. The summed E-state index contributed by atoms with van der Waals surface area (Å²) in [7, 11) is 0. The Bertz CT molecular complexity index is 782. The number of likely N-dealkylation sites (tertiary alicyclic amines) is 1. The summed E-state index contributed by atoms with van der Waals surface area (Å²) in [5, 5.41) is 5.70. The second-order valence-corrected chi connectivity index (χ2v) is 6.36. The molecule has 27 heavy (non-hydrogen) atoms. The standard InChI is InChI=1S/C20H24N4O3/c1-2-21-19(25)15-10-12-24(13-15)20(26)23-17-8-3-4-9-18(17)27-14-16-7-5-6-11-22-16/h3-9,11,15H,2,10,12-14H2,1H3,(H,21,25)(H,23,26)/t15-/m1/s1. The van der Waals surface area contributed by atoms with Gasteiger partial charge in [0.1, 0.15) is 12.4 Å². The number of urea groups is 1. The minimum absolute atomic E-state index is 0.00638. The lowest BCUT2D eigenvalue weighted by Gasteiger charge is -2.19. The number of hydrogen-bond donors (Lipinski definition) is 2. The maximum atomic E-state index is 12.6. The summed E-state index contributed by atoms with van der Waals surface area (Å²) in [6, 6.07) is 12.7. The number of ether oxygens (including phenoxy) is 1. The summed E-state index contributed by atoms with van der Waals surface area (Å²) < 4.78 is 5.82. The molecule has 0 unspecified atom stereocenters. The van der Waals surface area contributed by atoms with Crippen LogP contribution >= 0.6 is 0 Å². The fraction of sp³-hybridized carbons (Fsp3) is 0.350. The maximum Gasteiger partial charge on any atom is 0.321 e. The van der Waals surface area contributed by atoms with Crippen molar-refractivity contribution in [3.8, 4) is 5.75 Å². The van der Waals surface area contributed by atoms with Crippen molar-refractivity contribution in [2.75, 3.05) is 25.0 Å². The van der Waals surface area contributed by atoms with Gasteiger partial charge in [0, 0.05) is 25.8 Å². The van der Waals surface area contributed by atoms with Gasteiger partial charge >= 0.3 is 6.03 Å². The highest BCUT2D eigenvalue weighted by Crippen LogP contribution is 2.26. The molecule has 1 saturated heterocycles. The molecule has 0 bridgehead atoms. The highest BCUT2D eigenvalue weighted by molar-refractivity contribution is 5.92. The monoisotopic (exact) mass is 368 g/mol. The molecule has 0 aliphatic carbocycles. The van der Waals surface area contributed by atoms with Gasteiger partial charge < -0.3 is 20.3 Å². The Morgan fingerprint density at radius 1 is 1.22 bits per heavy atom. The second-order valence-electron chi connectivity index (χ2n) is 6.36. The summed E-state index contributed by atoms with van der Waals surface area (Å²) in [4.78, 5) is 30.4. The van der Waals surface area contributed by atoms with E-state index in [1.54, 1.807) is 23.2 Å². The number of hydrogen-bond acceptors (Lipinski definition) is 4. The van der Waals surface area contributed by atoms with Crippen molar-refractivity contribution in [1.82, 2.24) is 15.2 Å². The Balaban J connectivity index is 1.59. The molecular formula is C20H24N4O3. The topological polar surface area (TPSA) is 83.6 Å². The van der Waals surface area contributed by atoms with E-state index < -0.39 is 0 Å². The zero-order valence-corrected chi connectivity index (χ0v) is 15.4. The Kier molecular flexibility index (Phi) is 6.25. The number of benzene rings is 1. The van der Waals surface area contributed by atoms with Crippen LogP contribution in [0.3, 0.4) is 0 Å². The zero-order chi connectivity index (χ0) is 19.1. The van der Waals surface area contributed by atoms with Crippen LogP contribution in [0.2, 0.25) is 0 Å². The van der Waals surface area contributed by atoms with E-state index in [1.807, 2.05) is 37.3 Å². The van der Waals surface area contributed by atoms with Crippen LogP contribution in [0.4, 0.5) is 10.5 Å².